The van der Waals surface area contributed by atoms with Gasteiger partial charge >= 0.3 is 5.97 Å². The number of hydrogen-bond donors (Lipinski definition) is 4. The van der Waals surface area contributed by atoms with Crippen LogP contribution in [0.1, 0.15) is 29.5 Å². The van der Waals surface area contributed by atoms with Crippen molar-refractivity contribution in [1.82, 2.24) is 20.9 Å². The summed E-state index contributed by atoms with van der Waals surface area (Å²) in [6.07, 6.45) is 1.29. The third-order valence-corrected chi connectivity index (χ3v) is 9.05. The minimum atomic E-state index is -1.12. The minimum absolute atomic E-state index is 0.236. The summed E-state index contributed by atoms with van der Waals surface area (Å²) in [5.41, 5.74) is 2.62. The van der Waals surface area contributed by atoms with Crippen LogP contribution in [0.5, 0.6) is 0 Å². The average molecular weight is 667 g/mol. The number of ether oxygens (including phenoxy) is 1. The zero-order valence-electron chi connectivity index (χ0n) is 25.5. The first-order valence-corrected chi connectivity index (χ1v) is 15.9. The summed E-state index contributed by atoms with van der Waals surface area (Å²) in [6.45, 7) is 0.752. The number of piperidine rings is 1. The minimum Gasteiger partial charge on any atom is -0.468 e. The molecule has 2 aliphatic heterocycles. The van der Waals surface area contributed by atoms with Gasteiger partial charge in [-0.25, -0.2) is 0 Å². The first-order chi connectivity index (χ1) is 22.2. The first-order valence-electron chi connectivity index (χ1n) is 15.2. The molecule has 2 heterocycles. The smallest absolute Gasteiger partial charge is 0.325 e. The van der Waals surface area contributed by atoms with E-state index >= 15 is 0 Å². The van der Waals surface area contributed by atoms with Crippen LogP contribution in [0.25, 0.3) is 0 Å². The van der Waals surface area contributed by atoms with Crippen LogP contribution >= 0.6 is 23.2 Å². The fraction of sp³-hybridized carbons (Fsp3) is 0.353. The lowest BCUT2D eigenvalue weighted by molar-refractivity contribution is -0.142. The number of methoxy groups -OCH3 is 1. The molecule has 4 N–H and O–H groups in total. The van der Waals surface area contributed by atoms with E-state index in [0.29, 0.717) is 28.7 Å². The van der Waals surface area contributed by atoms with Crippen LogP contribution in [0.4, 0.5) is 5.69 Å². The van der Waals surface area contributed by atoms with Crippen LogP contribution in [0.2, 0.25) is 10.0 Å². The van der Waals surface area contributed by atoms with Gasteiger partial charge in [-0.3, -0.25) is 19.2 Å². The second-order valence-corrected chi connectivity index (χ2v) is 12.5. The molecule has 0 spiro atoms. The van der Waals surface area contributed by atoms with Gasteiger partial charge in [0.25, 0.3) is 0 Å². The summed E-state index contributed by atoms with van der Waals surface area (Å²) < 4.78 is 4.69. The van der Waals surface area contributed by atoms with Crippen LogP contribution < -0.4 is 21.3 Å². The Morgan fingerprint density at radius 2 is 1.67 bits per heavy atom. The van der Waals surface area contributed by atoms with Gasteiger partial charge in [0.1, 0.15) is 18.1 Å². The Bertz CT molecular complexity index is 1580. The van der Waals surface area contributed by atoms with Gasteiger partial charge in [0.2, 0.25) is 17.7 Å². The van der Waals surface area contributed by atoms with Crippen LogP contribution in [-0.2, 0) is 43.3 Å². The van der Waals surface area contributed by atoms with Crippen molar-refractivity contribution in [2.24, 2.45) is 0 Å². The number of rotatable bonds is 10. The van der Waals surface area contributed by atoms with E-state index in [1.54, 1.807) is 41.3 Å². The molecule has 1 fully saturated rings. The number of halogens is 2. The molecule has 10 nitrogen and oxygen atoms in total. The molecule has 3 aromatic carbocycles. The van der Waals surface area contributed by atoms with Crippen LogP contribution in [0.3, 0.4) is 0 Å². The number of esters is 1. The SMILES string of the molecule is COC(=O)CNC(=O)C1(Nc2cccc(Cl)c2)CCN(C(=O)[C@@H](Cc2ccc(Cl)cc2)NC(=O)[C@H]2Cc3ccccc3CN2)CC1. The normalized spacial score (nSPS) is 17.6. The number of nitrogens with zero attached hydrogens (tertiary/aromatic N) is 1. The highest BCUT2D eigenvalue weighted by Crippen LogP contribution is 2.29. The van der Waals surface area contributed by atoms with Gasteiger partial charge in [-0.2, -0.15) is 0 Å². The molecule has 3 aromatic rings. The number of likely N-dealkylation sites (tertiary alicyclic amines) is 1. The van der Waals surface area contributed by atoms with Gasteiger partial charge in [0, 0.05) is 41.8 Å². The molecule has 1 saturated heterocycles. The van der Waals surface area contributed by atoms with E-state index < -0.39 is 23.6 Å². The number of fused-ring (bicyclic) bond motifs is 1. The van der Waals surface area contributed by atoms with Crippen LogP contribution in [-0.4, -0.2) is 73.0 Å². The summed E-state index contributed by atoms with van der Waals surface area (Å²) in [4.78, 5) is 54.6. The van der Waals surface area contributed by atoms with Crippen molar-refractivity contribution in [3.63, 3.8) is 0 Å². The molecule has 0 aromatic heterocycles. The average Bonchev–Trinajstić information content (AvgIpc) is 3.07. The topological polar surface area (TPSA) is 129 Å². The number of carbonyl (C=O) groups is 4. The lowest BCUT2D eigenvalue weighted by Gasteiger charge is -2.42. The predicted octanol–water partition coefficient (Wildman–Crippen LogP) is 3.50. The van der Waals surface area contributed by atoms with E-state index in [2.05, 4.69) is 26.0 Å². The maximum absolute atomic E-state index is 14.1. The van der Waals surface area contributed by atoms with Crippen molar-refractivity contribution < 1.29 is 23.9 Å². The third kappa shape index (κ3) is 8.17. The molecule has 46 heavy (non-hydrogen) atoms. The lowest BCUT2D eigenvalue weighted by Crippen LogP contribution is -2.62. The van der Waals surface area contributed by atoms with E-state index in [1.165, 1.54) is 7.11 Å². The molecule has 0 saturated carbocycles. The first kappa shape index (κ1) is 33.2. The number of carbonyl (C=O) groups excluding carboxylic acids is 4. The molecule has 5 rings (SSSR count). The summed E-state index contributed by atoms with van der Waals surface area (Å²) in [7, 11) is 1.25. The molecule has 0 aliphatic carbocycles. The maximum Gasteiger partial charge on any atom is 0.325 e. The zero-order valence-corrected chi connectivity index (χ0v) is 27.0. The van der Waals surface area contributed by atoms with Crippen molar-refractivity contribution in [2.45, 2.75) is 49.9 Å². The van der Waals surface area contributed by atoms with Crippen molar-refractivity contribution in [1.29, 1.82) is 0 Å². The molecular formula is C34H37Cl2N5O5. The summed E-state index contributed by atoms with van der Waals surface area (Å²) in [6, 6.07) is 20.9. The molecule has 0 radical (unpaired) electrons. The molecular weight excluding hydrogens is 629 g/mol. The second kappa shape index (κ2) is 15.0. The molecule has 0 unspecified atom stereocenters. The molecule has 242 valence electrons. The Kier molecular flexibility index (Phi) is 10.8. The van der Waals surface area contributed by atoms with Crippen molar-refractivity contribution in [3.05, 3.63) is 99.5 Å². The van der Waals surface area contributed by atoms with Gasteiger partial charge in [0.05, 0.1) is 13.2 Å². The van der Waals surface area contributed by atoms with Crippen molar-refractivity contribution >= 4 is 52.6 Å². The summed E-state index contributed by atoms with van der Waals surface area (Å²) in [5.74, 6) is -1.46. The zero-order chi connectivity index (χ0) is 32.7. The standard InChI is InChI=1S/C34H37Cl2N5O5/c1-46-30(42)21-38-33(45)34(40-27-8-4-7-26(36)19-27)13-15-41(16-14-34)32(44)29(17-22-9-11-25(35)12-10-22)39-31(43)28-18-23-5-2-3-6-24(23)20-37-28/h2-12,19,28-29,37,40H,13-18,20-21H2,1H3,(H,38,45)(H,39,43)/t28-,29-/m1/s1. The number of hydrogen-bond acceptors (Lipinski definition) is 7. The maximum atomic E-state index is 14.1. The van der Waals surface area contributed by atoms with E-state index in [0.717, 1.165) is 16.7 Å². The van der Waals surface area contributed by atoms with E-state index in [4.69, 9.17) is 23.2 Å². The van der Waals surface area contributed by atoms with Gasteiger partial charge in [0.15, 0.2) is 0 Å². The fourth-order valence-electron chi connectivity index (χ4n) is 5.94. The fourth-order valence-corrected chi connectivity index (χ4v) is 6.26. The number of benzene rings is 3. The Morgan fingerprint density at radius 1 is 0.957 bits per heavy atom. The predicted molar refractivity (Wildman–Crippen MR) is 177 cm³/mol. The van der Waals surface area contributed by atoms with Gasteiger partial charge in [-0.15, -0.1) is 0 Å². The summed E-state index contributed by atoms with van der Waals surface area (Å²) >= 11 is 12.3. The highest BCUT2D eigenvalue weighted by molar-refractivity contribution is 6.31. The number of nitrogens with one attached hydrogen (secondary N) is 4. The molecule has 0 bridgehead atoms. The van der Waals surface area contributed by atoms with Crippen LogP contribution in [0, 0.1) is 0 Å². The Hall–Kier alpha value is -4.12. The molecule has 12 heteroatoms. The van der Waals surface area contributed by atoms with E-state index in [9.17, 15) is 19.2 Å². The number of anilines is 1. The third-order valence-electron chi connectivity index (χ3n) is 8.56. The molecule has 2 atom stereocenters. The van der Waals surface area contributed by atoms with E-state index in [-0.39, 0.29) is 56.6 Å². The van der Waals surface area contributed by atoms with Crippen molar-refractivity contribution in [2.75, 3.05) is 32.1 Å². The van der Waals surface area contributed by atoms with Crippen molar-refractivity contribution in [3.8, 4) is 0 Å². The quantitative estimate of drug-likeness (QED) is 0.244. The summed E-state index contributed by atoms with van der Waals surface area (Å²) in [5, 5.41) is 13.4. The van der Waals surface area contributed by atoms with Gasteiger partial charge in [-0.1, -0.05) is 65.7 Å². The van der Waals surface area contributed by atoms with E-state index in [1.807, 2.05) is 36.4 Å². The highest BCUT2D eigenvalue weighted by atomic mass is 35.5. The Morgan fingerprint density at radius 3 is 2.37 bits per heavy atom. The molecule has 2 aliphatic rings. The van der Waals surface area contributed by atoms with Crippen LogP contribution in [0.15, 0.2) is 72.8 Å². The van der Waals surface area contributed by atoms with Gasteiger partial charge < -0.3 is 30.9 Å². The lowest BCUT2D eigenvalue weighted by atomic mass is 9.85. The monoisotopic (exact) mass is 665 g/mol. The highest BCUT2D eigenvalue weighted by Gasteiger charge is 2.43. The Labute approximate surface area is 278 Å². The largest absolute Gasteiger partial charge is 0.468 e. The van der Waals surface area contributed by atoms with Gasteiger partial charge in [-0.05, 0) is 66.3 Å². The molecule has 3 amide bonds. The Balaban J connectivity index is 1.32. The number of amides is 3. The second-order valence-electron chi connectivity index (χ2n) is 11.6.